The molecule has 2 aliphatic rings. The molecule has 1 heterocycles. The van der Waals surface area contributed by atoms with Crippen molar-refractivity contribution in [1.82, 2.24) is 9.97 Å². The Balaban J connectivity index is 1.16. The Labute approximate surface area is 241 Å². The van der Waals surface area contributed by atoms with Crippen molar-refractivity contribution in [3.05, 3.63) is 54.1 Å². The molecular formula is C35H50F2N2O. The summed E-state index contributed by atoms with van der Waals surface area (Å²) in [5.41, 5.74) is 0.625. The Morgan fingerprint density at radius 3 is 2.17 bits per heavy atom. The fraction of sp³-hybridized carbons (Fsp3) is 0.657. The van der Waals surface area contributed by atoms with E-state index in [0.29, 0.717) is 18.1 Å². The Morgan fingerprint density at radius 1 is 0.825 bits per heavy atom. The molecule has 0 saturated heterocycles. The summed E-state index contributed by atoms with van der Waals surface area (Å²) in [6.45, 7) is 4.70. The zero-order chi connectivity index (χ0) is 28.2. The van der Waals surface area contributed by atoms with Crippen LogP contribution in [0.2, 0.25) is 0 Å². The smallest absolute Gasteiger partial charge is 0.201 e. The Bertz CT molecular complexity index is 1040. The molecule has 5 heteroatoms. The largest absolute Gasteiger partial charge is 0.490 e. The van der Waals surface area contributed by atoms with E-state index in [4.69, 9.17) is 4.74 Å². The second kappa shape index (κ2) is 16.2. The van der Waals surface area contributed by atoms with Gasteiger partial charge >= 0.3 is 0 Å². The first kappa shape index (κ1) is 30.7. The third-order valence-electron chi connectivity index (χ3n) is 9.35. The summed E-state index contributed by atoms with van der Waals surface area (Å²) in [4.78, 5) is 8.83. The van der Waals surface area contributed by atoms with Crippen molar-refractivity contribution in [3.63, 3.8) is 0 Å². The van der Waals surface area contributed by atoms with Crippen molar-refractivity contribution in [1.29, 1.82) is 0 Å². The first-order valence-electron chi connectivity index (χ1n) is 16.2. The predicted molar refractivity (Wildman–Crippen MR) is 160 cm³/mol. The van der Waals surface area contributed by atoms with Gasteiger partial charge in [-0.3, -0.25) is 0 Å². The van der Waals surface area contributed by atoms with Gasteiger partial charge < -0.3 is 4.74 Å². The Hall–Kier alpha value is -2.30. The number of unbranched alkanes of at least 4 members (excludes halogenated alkanes) is 3. The topological polar surface area (TPSA) is 35.0 Å². The van der Waals surface area contributed by atoms with Crippen LogP contribution < -0.4 is 4.74 Å². The molecule has 0 unspecified atom stereocenters. The van der Waals surface area contributed by atoms with Gasteiger partial charge in [0, 0.05) is 29.9 Å². The van der Waals surface area contributed by atoms with Gasteiger partial charge in [0.2, 0.25) is 5.82 Å². The van der Waals surface area contributed by atoms with E-state index in [9.17, 15) is 8.78 Å². The second-order valence-corrected chi connectivity index (χ2v) is 12.2. The van der Waals surface area contributed by atoms with Gasteiger partial charge in [-0.2, -0.15) is 4.39 Å². The zero-order valence-corrected chi connectivity index (χ0v) is 24.9. The van der Waals surface area contributed by atoms with E-state index in [1.807, 2.05) is 6.92 Å². The molecule has 220 valence electrons. The van der Waals surface area contributed by atoms with Crippen molar-refractivity contribution >= 4 is 0 Å². The van der Waals surface area contributed by atoms with Crippen LogP contribution in [-0.4, -0.2) is 16.6 Å². The zero-order valence-electron chi connectivity index (χ0n) is 24.9. The molecule has 1 aromatic heterocycles. The molecule has 0 spiro atoms. The minimum absolute atomic E-state index is 0.0483. The van der Waals surface area contributed by atoms with E-state index in [0.717, 1.165) is 49.3 Å². The van der Waals surface area contributed by atoms with Gasteiger partial charge in [-0.25, -0.2) is 14.4 Å². The van der Waals surface area contributed by atoms with Crippen molar-refractivity contribution in [2.24, 2.45) is 23.7 Å². The SMILES string of the molecule is CCCCCC1CCC(C2CCC(/C=C/CCc3ncc(-c4ccc(OCCCC)c(F)c4F)cn3)CC2)CC1. The number of allylic oxidation sites excluding steroid dienone is 2. The normalized spacial score (nSPS) is 23.5. The van der Waals surface area contributed by atoms with E-state index in [1.165, 1.54) is 89.2 Å². The van der Waals surface area contributed by atoms with E-state index in [2.05, 4.69) is 29.0 Å². The summed E-state index contributed by atoms with van der Waals surface area (Å²) in [6, 6.07) is 3.02. The molecule has 2 aromatic rings. The second-order valence-electron chi connectivity index (χ2n) is 12.2. The maximum absolute atomic E-state index is 14.7. The maximum Gasteiger partial charge on any atom is 0.201 e. The molecule has 2 fully saturated rings. The van der Waals surface area contributed by atoms with Gasteiger partial charge in [0.15, 0.2) is 11.6 Å². The summed E-state index contributed by atoms with van der Waals surface area (Å²) in [5, 5.41) is 0. The molecule has 0 aliphatic heterocycles. The molecule has 0 N–H and O–H groups in total. The molecule has 2 saturated carbocycles. The minimum atomic E-state index is -0.956. The lowest BCUT2D eigenvalue weighted by atomic mass is 9.68. The van der Waals surface area contributed by atoms with Crippen molar-refractivity contribution in [2.45, 2.75) is 117 Å². The van der Waals surface area contributed by atoms with E-state index in [1.54, 1.807) is 12.4 Å². The molecule has 0 bridgehead atoms. The number of aryl methyl sites for hydroxylation is 1. The predicted octanol–water partition coefficient (Wildman–Crippen LogP) is 10.3. The minimum Gasteiger partial charge on any atom is -0.490 e. The van der Waals surface area contributed by atoms with Crippen molar-refractivity contribution in [2.75, 3.05) is 6.61 Å². The van der Waals surface area contributed by atoms with Crippen LogP contribution in [0.1, 0.15) is 116 Å². The molecule has 0 radical (unpaired) electrons. The highest BCUT2D eigenvalue weighted by atomic mass is 19.2. The lowest BCUT2D eigenvalue weighted by Gasteiger charge is -2.37. The summed E-state index contributed by atoms with van der Waals surface area (Å²) in [7, 11) is 0. The molecule has 4 rings (SSSR count). The van der Waals surface area contributed by atoms with Gasteiger partial charge in [0.25, 0.3) is 0 Å². The number of ether oxygens (including phenoxy) is 1. The number of benzene rings is 1. The number of aromatic nitrogens is 2. The van der Waals surface area contributed by atoms with E-state index in [-0.39, 0.29) is 11.3 Å². The highest BCUT2D eigenvalue weighted by molar-refractivity contribution is 5.63. The molecule has 3 nitrogen and oxygen atoms in total. The van der Waals surface area contributed by atoms with Crippen LogP contribution in [0.3, 0.4) is 0 Å². The van der Waals surface area contributed by atoms with Crippen LogP contribution in [0.25, 0.3) is 11.1 Å². The lowest BCUT2D eigenvalue weighted by Crippen LogP contribution is -2.25. The summed E-state index contributed by atoms with van der Waals surface area (Å²) < 4.78 is 34.5. The third-order valence-corrected chi connectivity index (χ3v) is 9.35. The van der Waals surface area contributed by atoms with Gasteiger partial charge in [-0.15, -0.1) is 0 Å². The Kier molecular flexibility index (Phi) is 12.4. The number of rotatable bonds is 14. The summed E-state index contributed by atoms with van der Waals surface area (Å²) >= 11 is 0. The molecule has 1 aromatic carbocycles. The van der Waals surface area contributed by atoms with Gasteiger partial charge in [-0.05, 0) is 87.2 Å². The van der Waals surface area contributed by atoms with Gasteiger partial charge in [0.05, 0.1) is 6.61 Å². The fourth-order valence-corrected chi connectivity index (χ4v) is 6.76. The summed E-state index contributed by atoms with van der Waals surface area (Å²) in [6.07, 6.45) is 28.2. The lowest BCUT2D eigenvalue weighted by molar-refractivity contribution is 0.151. The van der Waals surface area contributed by atoms with Gasteiger partial charge in [0.1, 0.15) is 5.82 Å². The van der Waals surface area contributed by atoms with Crippen LogP contribution in [0.5, 0.6) is 5.75 Å². The monoisotopic (exact) mass is 552 g/mol. The number of hydrogen-bond donors (Lipinski definition) is 0. The standard InChI is InChI=1S/C35H50F2N2O/c1-3-5-7-10-26-13-17-28(18-14-26)29-19-15-27(16-20-29)11-8-9-12-33-38-24-30(25-39-33)31-21-22-32(35(37)34(31)36)40-23-6-4-2/h8,11,21-22,24-29H,3-7,9-10,12-20,23H2,1-2H3/b11-8+. The van der Waals surface area contributed by atoms with Crippen LogP contribution in [0.4, 0.5) is 8.78 Å². The fourth-order valence-electron chi connectivity index (χ4n) is 6.76. The average molecular weight is 553 g/mol. The molecule has 40 heavy (non-hydrogen) atoms. The van der Waals surface area contributed by atoms with Crippen LogP contribution in [0.15, 0.2) is 36.7 Å². The molecule has 2 aliphatic carbocycles. The molecule has 0 amide bonds. The van der Waals surface area contributed by atoms with Gasteiger partial charge in [-0.1, -0.05) is 70.9 Å². The van der Waals surface area contributed by atoms with Crippen molar-refractivity contribution in [3.8, 4) is 16.9 Å². The molecular weight excluding hydrogens is 502 g/mol. The number of nitrogens with zero attached hydrogens (tertiary/aromatic N) is 2. The van der Waals surface area contributed by atoms with Crippen LogP contribution in [0, 0.1) is 35.3 Å². The third kappa shape index (κ3) is 8.85. The highest BCUT2D eigenvalue weighted by Gasteiger charge is 2.30. The average Bonchev–Trinajstić information content (AvgIpc) is 2.99. The Morgan fingerprint density at radius 2 is 1.50 bits per heavy atom. The highest BCUT2D eigenvalue weighted by Crippen LogP contribution is 2.42. The quantitative estimate of drug-likeness (QED) is 0.173. The van der Waals surface area contributed by atoms with E-state index < -0.39 is 11.6 Å². The van der Waals surface area contributed by atoms with Crippen LogP contribution in [-0.2, 0) is 6.42 Å². The van der Waals surface area contributed by atoms with Crippen molar-refractivity contribution < 1.29 is 13.5 Å². The van der Waals surface area contributed by atoms with Crippen LogP contribution >= 0.6 is 0 Å². The maximum atomic E-state index is 14.7. The number of halogens is 2. The summed E-state index contributed by atoms with van der Waals surface area (Å²) in [5.74, 6) is 2.45. The first-order valence-corrected chi connectivity index (χ1v) is 16.2. The number of hydrogen-bond acceptors (Lipinski definition) is 3. The van der Waals surface area contributed by atoms with E-state index >= 15 is 0 Å². The molecule has 0 atom stereocenters. The first-order chi connectivity index (χ1) is 19.6.